The van der Waals surface area contributed by atoms with Crippen LogP contribution in [-0.4, -0.2) is 50.9 Å². The van der Waals surface area contributed by atoms with Crippen LogP contribution in [0.15, 0.2) is 51.3 Å². The first-order valence-electron chi connectivity index (χ1n) is 11.7. The average molecular weight is 474 g/mol. The zero-order valence-electron chi connectivity index (χ0n) is 19.5. The molecule has 1 aliphatic carbocycles. The molecule has 8 nitrogen and oxygen atoms in total. The first kappa shape index (κ1) is 21.6. The molecule has 6 rings (SSSR count). The number of Topliss-reactive ketones (excluding diaryl/α,β-unsaturated/α-hetero) is 1. The number of ketones is 1. The van der Waals surface area contributed by atoms with Gasteiger partial charge in [0.1, 0.15) is 23.7 Å². The van der Waals surface area contributed by atoms with E-state index in [1.54, 1.807) is 24.0 Å². The summed E-state index contributed by atoms with van der Waals surface area (Å²) >= 11 is 0. The molecule has 2 aromatic heterocycles. The molecule has 0 unspecified atom stereocenters. The Morgan fingerprint density at radius 2 is 1.97 bits per heavy atom. The van der Waals surface area contributed by atoms with Crippen LogP contribution >= 0.6 is 0 Å². The number of fused-ring (bicyclic) bond motifs is 1. The highest BCUT2D eigenvalue weighted by Gasteiger charge is 2.39. The van der Waals surface area contributed by atoms with Gasteiger partial charge in [0.2, 0.25) is 5.71 Å². The van der Waals surface area contributed by atoms with E-state index in [0.717, 1.165) is 12.8 Å². The van der Waals surface area contributed by atoms with Crippen molar-refractivity contribution >= 4 is 34.3 Å². The molecule has 1 aromatic carbocycles. The van der Waals surface area contributed by atoms with Crippen molar-refractivity contribution in [1.82, 2.24) is 14.9 Å². The van der Waals surface area contributed by atoms with Gasteiger partial charge in [0, 0.05) is 17.7 Å². The lowest BCUT2D eigenvalue weighted by atomic mass is 9.92. The van der Waals surface area contributed by atoms with Gasteiger partial charge < -0.3 is 14.6 Å². The van der Waals surface area contributed by atoms with Crippen molar-refractivity contribution in [3.8, 4) is 0 Å². The Morgan fingerprint density at radius 3 is 2.71 bits per heavy atom. The van der Waals surface area contributed by atoms with Gasteiger partial charge in [-0.3, -0.25) is 14.6 Å². The molecule has 2 aliphatic heterocycles. The number of rotatable bonds is 4. The third-order valence-electron chi connectivity index (χ3n) is 7.02. The zero-order valence-corrected chi connectivity index (χ0v) is 19.5. The lowest BCUT2D eigenvalue weighted by molar-refractivity contribution is -0.114. The van der Waals surface area contributed by atoms with Crippen LogP contribution < -0.4 is 5.32 Å². The molecule has 178 valence electrons. The third-order valence-corrected chi connectivity index (χ3v) is 7.02. The van der Waals surface area contributed by atoms with E-state index in [1.165, 1.54) is 18.5 Å². The molecule has 0 spiro atoms. The number of halogens is 1. The number of benzene rings is 1. The average Bonchev–Trinajstić information content (AvgIpc) is 3.46. The summed E-state index contributed by atoms with van der Waals surface area (Å²) < 4.78 is 19.2. The van der Waals surface area contributed by atoms with E-state index in [0.29, 0.717) is 63.8 Å². The molecule has 3 aliphatic rings. The van der Waals surface area contributed by atoms with Crippen molar-refractivity contribution in [1.29, 1.82) is 0 Å². The van der Waals surface area contributed by atoms with E-state index < -0.39 is 0 Å². The topological polar surface area (TPSA) is 101 Å². The van der Waals surface area contributed by atoms with E-state index in [2.05, 4.69) is 22.2 Å². The summed E-state index contributed by atoms with van der Waals surface area (Å²) in [7, 11) is 0. The van der Waals surface area contributed by atoms with Crippen molar-refractivity contribution < 1.29 is 18.4 Å². The molecule has 0 bridgehead atoms. The van der Waals surface area contributed by atoms with Crippen molar-refractivity contribution in [2.24, 2.45) is 4.99 Å². The summed E-state index contributed by atoms with van der Waals surface area (Å²) in [6.07, 6.45) is 4.11. The number of carbonyl (C=O) groups excluding carboxylic acids is 2. The minimum atomic E-state index is -0.345. The number of aryl methyl sites for hydroxylation is 1. The fraction of sp³-hybridized carbons (Fsp3) is 0.346. The smallest absolute Gasteiger partial charge is 0.258 e. The molecule has 3 aromatic rings. The van der Waals surface area contributed by atoms with Gasteiger partial charge in [-0.25, -0.2) is 14.4 Å². The van der Waals surface area contributed by atoms with Gasteiger partial charge in [0.15, 0.2) is 5.78 Å². The fourth-order valence-corrected chi connectivity index (χ4v) is 4.75. The molecule has 1 amide bonds. The number of aromatic nitrogens is 2. The van der Waals surface area contributed by atoms with Crippen LogP contribution in [0.1, 0.15) is 54.3 Å². The minimum absolute atomic E-state index is 0.00364. The highest BCUT2D eigenvalue weighted by atomic mass is 19.1. The van der Waals surface area contributed by atoms with Crippen LogP contribution in [0.5, 0.6) is 0 Å². The number of nitrogens with one attached hydrogen (secondary N) is 1. The third kappa shape index (κ3) is 3.80. The fourth-order valence-electron chi connectivity index (χ4n) is 4.75. The monoisotopic (exact) mass is 473 g/mol. The second-order valence-electron chi connectivity index (χ2n) is 9.69. The Balaban J connectivity index is 1.33. The van der Waals surface area contributed by atoms with Gasteiger partial charge in [-0.2, -0.15) is 0 Å². The first-order chi connectivity index (χ1) is 16.8. The number of nitrogens with zero attached hydrogens (tertiary/aromatic N) is 4. The summed E-state index contributed by atoms with van der Waals surface area (Å²) in [4.78, 5) is 41.7. The molecule has 35 heavy (non-hydrogen) atoms. The summed E-state index contributed by atoms with van der Waals surface area (Å²) in [5.74, 6) is 0.523. The van der Waals surface area contributed by atoms with Crippen molar-refractivity contribution in [2.45, 2.75) is 45.1 Å². The molecule has 1 saturated carbocycles. The number of anilines is 1. The first-order valence-corrected chi connectivity index (χ1v) is 11.7. The summed E-state index contributed by atoms with van der Waals surface area (Å²) in [6.45, 7) is 4.49. The number of furan rings is 1. The standard InChI is InChI=1S/C26H24FN5O3/c1-14-21(22-23(31-26(2)8-9-26)28-13-29-24(22)35-14)25(34)32-10-7-17-19(12-32)30-18(11-20(17)33)15-3-5-16(27)6-4-15/h3-6,13H,7-12H2,1-2H3,(H,28,29,31). The van der Waals surface area contributed by atoms with E-state index >= 15 is 0 Å². The zero-order chi connectivity index (χ0) is 24.3. The molecule has 1 fully saturated rings. The molecular weight excluding hydrogens is 449 g/mol. The SMILES string of the molecule is Cc1oc2ncnc(NC3(C)CC3)c2c1C(=O)N1CCC2=C(C1)N=C(c1ccc(F)cc1)CC2=O. The van der Waals surface area contributed by atoms with Crippen LogP contribution in [0.2, 0.25) is 0 Å². The summed E-state index contributed by atoms with van der Waals surface area (Å²) in [6, 6.07) is 5.94. The van der Waals surface area contributed by atoms with Crippen molar-refractivity contribution in [2.75, 3.05) is 18.4 Å². The molecule has 4 heterocycles. The highest BCUT2D eigenvalue weighted by molar-refractivity contribution is 6.18. The number of aliphatic imine (C=N–C) groups is 1. The van der Waals surface area contributed by atoms with Crippen LogP contribution in [0.3, 0.4) is 0 Å². The quantitative estimate of drug-likeness (QED) is 0.610. The van der Waals surface area contributed by atoms with Crippen LogP contribution in [0.4, 0.5) is 10.2 Å². The van der Waals surface area contributed by atoms with Crippen molar-refractivity contribution in [3.63, 3.8) is 0 Å². The van der Waals surface area contributed by atoms with E-state index in [9.17, 15) is 14.0 Å². The number of amides is 1. The van der Waals surface area contributed by atoms with E-state index in [1.807, 2.05) is 0 Å². The van der Waals surface area contributed by atoms with Crippen LogP contribution in [0, 0.1) is 12.7 Å². The van der Waals surface area contributed by atoms with Gasteiger partial charge in [-0.15, -0.1) is 0 Å². The van der Waals surface area contributed by atoms with Gasteiger partial charge >= 0.3 is 0 Å². The maximum Gasteiger partial charge on any atom is 0.258 e. The Bertz CT molecular complexity index is 1450. The Kier molecular flexibility index (Phi) is 4.84. The lowest BCUT2D eigenvalue weighted by Gasteiger charge is -2.31. The van der Waals surface area contributed by atoms with Crippen molar-refractivity contribution in [3.05, 3.63) is 64.6 Å². The minimum Gasteiger partial charge on any atom is -0.442 e. The highest BCUT2D eigenvalue weighted by Crippen LogP contribution is 2.40. The second kappa shape index (κ2) is 7.83. The van der Waals surface area contributed by atoms with Crippen LogP contribution in [0.25, 0.3) is 11.1 Å². The van der Waals surface area contributed by atoms with Gasteiger partial charge in [0.25, 0.3) is 5.91 Å². The summed E-state index contributed by atoms with van der Waals surface area (Å²) in [5.41, 5.74) is 3.31. The predicted octanol–water partition coefficient (Wildman–Crippen LogP) is 4.20. The molecule has 0 radical (unpaired) electrons. The Labute approximate surface area is 200 Å². The van der Waals surface area contributed by atoms with Gasteiger partial charge in [0.05, 0.1) is 35.3 Å². The molecule has 9 heteroatoms. The number of hydrogen-bond acceptors (Lipinski definition) is 7. The van der Waals surface area contributed by atoms with Gasteiger partial charge in [-0.1, -0.05) is 12.1 Å². The van der Waals surface area contributed by atoms with E-state index in [4.69, 9.17) is 9.41 Å². The molecule has 1 N–H and O–H groups in total. The number of hydrogen-bond donors (Lipinski definition) is 1. The lowest BCUT2D eigenvalue weighted by Crippen LogP contribution is -2.39. The van der Waals surface area contributed by atoms with E-state index in [-0.39, 0.29) is 36.0 Å². The molecule has 0 atom stereocenters. The summed E-state index contributed by atoms with van der Waals surface area (Å²) in [5, 5.41) is 4.02. The maximum atomic E-state index is 13.8. The van der Waals surface area contributed by atoms with Crippen LogP contribution in [-0.2, 0) is 4.79 Å². The normalized spacial score (nSPS) is 19.0. The maximum absolute atomic E-state index is 13.8. The second-order valence-corrected chi connectivity index (χ2v) is 9.69. The largest absolute Gasteiger partial charge is 0.442 e. The number of carbonyl (C=O) groups is 2. The molecule has 0 saturated heterocycles. The Hall–Kier alpha value is -3.88. The van der Waals surface area contributed by atoms with Gasteiger partial charge in [-0.05, 0) is 50.8 Å². The molecular formula is C26H24FN5O3. The Morgan fingerprint density at radius 1 is 1.20 bits per heavy atom. The predicted molar refractivity (Wildman–Crippen MR) is 128 cm³/mol.